The van der Waals surface area contributed by atoms with Gasteiger partial charge in [-0.2, -0.15) is 0 Å². The van der Waals surface area contributed by atoms with Crippen molar-refractivity contribution < 1.29 is 0 Å². The SMILES string of the molecule is CC1CC(C)CC(N)(Cc2cncc(Br)c2)C1. The van der Waals surface area contributed by atoms with Crippen LogP contribution in [-0.2, 0) is 6.42 Å². The molecule has 0 amide bonds. The van der Waals surface area contributed by atoms with Crippen molar-refractivity contribution in [3.8, 4) is 0 Å². The molecular formula is C14H21BrN2. The van der Waals surface area contributed by atoms with E-state index in [4.69, 9.17) is 5.73 Å². The van der Waals surface area contributed by atoms with E-state index >= 15 is 0 Å². The quantitative estimate of drug-likeness (QED) is 0.907. The van der Waals surface area contributed by atoms with Crippen molar-refractivity contribution in [3.63, 3.8) is 0 Å². The Morgan fingerprint density at radius 3 is 2.59 bits per heavy atom. The van der Waals surface area contributed by atoms with Gasteiger partial charge in [-0.3, -0.25) is 4.98 Å². The van der Waals surface area contributed by atoms with Gasteiger partial charge in [-0.05, 0) is 65.1 Å². The molecule has 1 aromatic heterocycles. The Balaban J connectivity index is 2.11. The maximum Gasteiger partial charge on any atom is 0.0410 e. The van der Waals surface area contributed by atoms with Crippen LogP contribution in [0.1, 0.15) is 38.7 Å². The molecule has 94 valence electrons. The van der Waals surface area contributed by atoms with Crippen molar-refractivity contribution in [1.29, 1.82) is 0 Å². The summed E-state index contributed by atoms with van der Waals surface area (Å²) in [6.07, 6.45) is 8.26. The first-order valence-corrected chi connectivity index (χ1v) is 7.14. The largest absolute Gasteiger partial charge is 0.325 e. The molecule has 2 atom stereocenters. The second-order valence-electron chi connectivity index (χ2n) is 5.90. The first kappa shape index (κ1) is 13.0. The molecule has 0 saturated heterocycles. The maximum atomic E-state index is 6.58. The van der Waals surface area contributed by atoms with Gasteiger partial charge >= 0.3 is 0 Å². The van der Waals surface area contributed by atoms with E-state index in [1.165, 1.54) is 12.0 Å². The summed E-state index contributed by atoms with van der Waals surface area (Å²) in [6, 6.07) is 2.13. The summed E-state index contributed by atoms with van der Waals surface area (Å²) in [5, 5.41) is 0. The molecule has 2 nitrogen and oxygen atoms in total. The van der Waals surface area contributed by atoms with Crippen LogP contribution in [-0.4, -0.2) is 10.5 Å². The molecule has 1 aliphatic rings. The van der Waals surface area contributed by atoms with E-state index in [0.29, 0.717) is 0 Å². The van der Waals surface area contributed by atoms with Crippen LogP contribution in [0.4, 0.5) is 0 Å². The fraction of sp³-hybridized carbons (Fsp3) is 0.643. The minimum atomic E-state index is -0.0421. The molecule has 2 N–H and O–H groups in total. The molecule has 17 heavy (non-hydrogen) atoms. The van der Waals surface area contributed by atoms with Gasteiger partial charge in [-0.25, -0.2) is 0 Å². The van der Waals surface area contributed by atoms with Crippen LogP contribution < -0.4 is 5.73 Å². The molecule has 0 spiro atoms. The van der Waals surface area contributed by atoms with Gasteiger partial charge in [0.2, 0.25) is 0 Å². The monoisotopic (exact) mass is 296 g/mol. The highest BCUT2D eigenvalue weighted by atomic mass is 79.9. The van der Waals surface area contributed by atoms with Gasteiger partial charge in [0.25, 0.3) is 0 Å². The zero-order valence-electron chi connectivity index (χ0n) is 10.6. The second-order valence-corrected chi connectivity index (χ2v) is 6.82. The first-order valence-electron chi connectivity index (χ1n) is 6.35. The number of hydrogen-bond donors (Lipinski definition) is 1. The molecule has 1 aliphatic carbocycles. The predicted molar refractivity (Wildman–Crippen MR) is 74.7 cm³/mol. The summed E-state index contributed by atoms with van der Waals surface area (Å²) in [7, 11) is 0. The zero-order valence-corrected chi connectivity index (χ0v) is 12.2. The fourth-order valence-corrected chi connectivity index (χ4v) is 3.84. The minimum absolute atomic E-state index is 0.0421. The molecule has 0 bridgehead atoms. The lowest BCUT2D eigenvalue weighted by atomic mass is 9.70. The van der Waals surface area contributed by atoms with Gasteiger partial charge in [-0.15, -0.1) is 0 Å². The van der Waals surface area contributed by atoms with Crippen molar-refractivity contribution in [2.45, 2.75) is 45.1 Å². The summed E-state index contributed by atoms with van der Waals surface area (Å²) >= 11 is 3.46. The molecule has 1 fully saturated rings. The number of nitrogens with two attached hydrogens (primary N) is 1. The Bertz CT molecular complexity index is 382. The van der Waals surface area contributed by atoms with Gasteiger partial charge in [-0.1, -0.05) is 13.8 Å². The lowest BCUT2D eigenvalue weighted by Gasteiger charge is -2.40. The second kappa shape index (κ2) is 5.07. The number of rotatable bonds is 2. The molecule has 3 heteroatoms. The minimum Gasteiger partial charge on any atom is -0.325 e. The van der Waals surface area contributed by atoms with Crippen molar-refractivity contribution in [2.75, 3.05) is 0 Å². The van der Waals surface area contributed by atoms with Gasteiger partial charge < -0.3 is 5.73 Å². The van der Waals surface area contributed by atoms with E-state index in [9.17, 15) is 0 Å². The first-order chi connectivity index (χ1) is 7.97. The van der Waals surface area contributed by atoms with E-state index in [0.717, 1.165) is 35.6 Å². The van der Waals surface area contributed by atoms with Crippen molar-refractivity contribution >= 4 is 15.9 Å². The molecule has 2 rings (SSSR count). The third-order valence-electron chi connectivity index (χ3n) is 3.63. The van der Waals surface area contributed by atoms with Crippen LogP contribution in [0.3, 0.4) is 0 Å². The number of halogens is 1. The lowest BCUT2D eigenvalue weighted by Crippen LogP contribution is -2.48. The lowest BCUT2D eigenvalue weighted by molar-refractivity contribution is 0.182. The van der Waals surface area contributed by atoms with E-state index < -0.39 is 0 Å². The summed E-state index contributed by atoms with van der Waals surface area (Å²) in [6.45, 7) is 4.63. The van der Waals surface area contributed by atoms with E-state index in [1.54, 1.807) is 0 Å². The van der Waals surface area contributed by atoms with Gasteiger partial charge in [0.15, 0.2) is 0 Å². The summed E-state index contributed by atoms with van der Waals surface area (Å²) in [5.41, 5.74) is 7.78. The molecule has 0 aromatic carbocycles. The number of nitrogens with zero attached hydrogens (tertiary/aromatic N) is 1. The average molecular weight is 297 g/mol. The zero-order chi connectivity index (χ0) is 12.5. The van der Waals surface area contributed by atoms with E-state index in [-0.39, 0.29) is 5.54 Å². The van der Waals surface area contributed by atoms with E-state index in [2.05, 4.69) is 40.8 Å². The Hall–Kier alpha value is -0.410. The third-order valence-corrected chi connectivity index (χ3v) is 4.07. The highest BCUT2D eigenvalue weighted by molar-refractivity contribution is 9.10. The van der Waals surface area contributed by atoms with Gasteiger partial charge in [0.05, 0.1) is 0 Å². The Morgan fingerprint density at radius 1 is 1.35 bits per heavy atom. The summed E-state index contributed by atoms with van der Waals surface area (Å²) < 4.78 is 1.04. The van der Waals surface area contributed by atoms with Crippen LogP contribution in [0.2, 0.25) is 0 Å². The fourth-order valence-electron chi connectivity index (χ4n) is 3.43. The van der Waals surface area contributed by atoms with Crippen molar-refractivity contribution in [3.05, 3.63) is 28.5 Å². The standard InChI is InChI=1S/C14H21BrN2/c1-10-3-11(2)6-14(16,5-10)7-12-4-13(15)9-17-8-12/h4,8-11H,3,5-7,16H2,1-2H3. The molecule has 2 unspecified atom stereocenters. The number of aromatic nitrogens is 1. The molecular weight excluding hydrogens is 276 g/mol. The van der Waals surface area contributed by atoms with Crippen LogP contribution in [0, 0.1) is 11.8 Å². The molecule has 1 aromatic rings. The highest BCUT2D eigenvalue weighted by Crippen LogP contribution is 2.36. The van der Waals surface area contributed by atoms with E-state index in [1.807, 2.05) is 12.4 Å². The third kappa shape index (κ3) is 3.52. The van der Waals surface area contributed by atoms with Crippen molar-refractivity contribution in [2.24, 2.45) is 17.6 Å². The normalized spacial score (nSPS) is 33.6. The van der Waals surface area contributed by atoms with Crippen molar-refractivity contribution in [1.82, 2.24) is 4.98 Å². The molecule has 0 aliphatic heterocycles. The topological polar surface area (TPSA) is 38.9 Å². The smallest absolute Gasteiger partial charge is 0.0410 e. The average Bonchev–Trinajstić information content (AvgIpc) is 2.13. The summed E-state index contributed by atoms with van der Waals surface area (Å²) in [4.78, 5) is 4.22. The number of pyridine rings is 1. The van der Waals surface area contributed by atoms with Crippen LogP contribution in [0.5, 0.6) is 0 Å². The Labute approximate surface area is 112 Å². The highest BCUT2D eigenvalue weighted by Gasteiger charge is 2.34. The summed E-state index contributed by atoms with van der Waals surface area (Å²) in [5.74, 6) is 1.48. The molecule has 1 heterocycles. The van der Waals surface area contributed by atoms with Gasteiger partial charge in [0.1, 0.15) is 0 Å². The predicted octanol–water partition coefficient (Wildman–Crippen LogP) is 3.54. The van der Waals surface area contributed by atoms with Crippen LogP contribution in [0.25, 0.3) is 0 Å². The molecule has 1 saturated carbocycles. The van der Waals surface area contributed by atoms with Crippen LogP contribution in [0.15, 0.2) is 22.9 Å². The number of hydrogen-bond acceptors (Lipinski definition) is 2. The van der Waals surface area contributed by atoms with Crippen LogP contribution >= 0.6 is 15.9 Å². The van der Waals surface area contributed by atoms with Gasteiger partial charge in [0, 0.05) is 22.4 Å². The Morgan fingerprint density at radius 2 is 2.00 bits per heavy atom. The maximum absolute atomic E-state index is 6.58. The Kier molecular flexibility index (Phi) is 3.88. The molecule has 0 radical (unpaired) electrons.